The molecular formula is C17H23NO2S2. The fraction of sp³-hybridized carbons (Fsp3) is 0.529. The van der Waals surface area contributed by atoms with Crippen LogP contribution in [-0.4, -0.2) is 44.9 Å². The van der Waals surface area contributed by atoms with Crippen molar-refractivity contribution in [3.63, 3.8) is 0 Å². The van der Waals surface area contributed by atoms with Gasteiger partial charge in [-0.2, -0.15) is 0 Å². The standard InChI is InChI=1S/C17H23NO2S2/c1-19-11-12-20-10-9-18-8-2-4-14(18)15-6-7-17(22-15)16-5-3-13-21-16/h3,5-7,13-14H,2,4,8-12H2,1H3. The van der Waals surface area contributed by atoms with Crippen molar-refractivity contribution >= 4 is 22.7 Å². The van der Waals surface area contributed by atoms with Crippen LogP contribution in [0.3, 0.4) is 0 Å². The third-order valence-corrected chi connectivity index (χ3v) is 6.29. The van der Waals surface area contributed by atoms with E-state index in [2.05, 4.69) is 34.5 Å². The number of methoxy groups -OCH3 is 1. The van der Waals surface area contributed by atoms with Gasteiger partial charge in [0.15, 0.2) is 0 Å². The molecule has 1 fully saturated rings. The van der Waals surface area contributed by atoms with E-state index in [-0.39, 0.29) is 0 Å². The van der Waals surface area contributed by atoms with Crippen LogP contribution >= 0.6 is 22.7 Å². The first-order valence-corrected chi connectivity index (χ1v) is 9.52. The van der Waals surface area contributed by atoms with Crippen LogP contribution in [0.4, 0.5) is 0 Å². The number of nitrogens with zero attached hydrogens (tertiary/aromatic N) is 1. The zero-order valence-electron chi connectivity index (χ0n) is 13.0. The Labute approximate surface area is 140 Å². The summed E-state index contributed by atoms with van der Waals surface area (Å²) in [5.41, 5.74) is 0. The molecule has 0 radical (unpaired) electrons. The lowest BCUT2D eigenvalue weighted by Gasteiger charge is -2.23. The molecule has 5 heteroatoms. The van der Waals surface area contributed by atoms with E-state index in [1.807, 2.05) is 22.7 Å². The Kier molecular flexibility index (Phi) is 6.04. The Balaban J connectivity index is 1.56. The Hall–Kier alpha value is -0.720. The van der Waals surface area contributed by atoms with Gasteiger partial charge in [-0.3, -0.25) is 4.90 Å². The second-order valence-corrected chi connectivity index (χ2v) is 7.54. The van der Waals surface area contributed by atoms with Gasteiger partial charge in [-0.25, -0.2) is 0 Å². The molecule has 1 saturated heterocycles. The second kappa shape index (κ2) is 8.22. The van der Waals surface area contributed by atoms with E-state index in [1.54, 1.807) is 7.11 Å². The Bertz CT molecular complexity index is 553. The number of hydrogen-bond donors (Lipinski definition) is 0. The van der Waals surface area contributed by atoms with E-state index < -0.39 is 0 Å². The minimum Gasteiger partial charge on any atom is -0.382 e. The molecule has 1 aliphatic heterocycles. The Morgan fingerprint density at radius 3 is 2.95 bits per heavy atom. The summed E-state index contributed by atoms with van der Waals surface area (Å²) in [5.74, 6) is 0. The maximum Gasteiger partial charge on any atom is 0.0700 e. The zero-order chi connectivity index (χ0) is 15.2. The van der Waals surface area contributed by atoms with Gasteiger partial charge < -0.3 is 9.47 Å². The molecule has 120 valence electrons. The summed E-state index contributed by atoms with van der Waals surface area (Å²) in [5, 5.41) is 2.15. The average molecular weight is 338 g/mol. The van der Waals surface area contributed by atoms with Crippen molar-refractivity contribution in [1.29, 1.82) is 0 Å². The van der Waals surface area contributed by atoms with Gasteiger partial charge in [0, 0.05) is 34.3 Å². The Morgan fingerprint density at radius 1 is 1.18 bits per heavy atom. The van der Waals surface area contributed by atoms with Gasteiger partial charge in [0.05, 0.1) is 19.8 Å². The van der Waals surface area contributed by atoms with Crippen LogP contribution < -0.4 is 0 Å². The van der Waals surface area contributed by atoms with Crippen molar-refractivity contribution in [2.75, 3.05) is 40.0 Å². The first kappa shape index (κ1) is 16.1. The molecule has 0 amide bonds. The molecule has 3 rings (SSSR count). The lowest BCUT2D eigenvalue weighted by Crippen LogP contribution is -2.27. The Morgan fingerprint density at radius 2 is 2.14 bits per heavy atom. The molecule has 0 spiro atoms. The first-order valence-electron chi connectivity index (χ1n) is 7.83. The summed E-state index contributed by atoms with van der Waals surface area (Å²) in [4.78, 5) is 6.84. The van der Waals surface area contributed by atoms with E-state index in [1.165, 1.54) is 34.0 Å². The van der Waals surface area contributed by atoms with Gasteiger partial charge in [-0.1, -0.05) is 6.07 Å². The monoisotopic (exact) mass is 337 g/mol. The first-order chi connectivity index (χ1) is 10.9. The number of likely N-dealkylation sites (tertiary alicyclic amines) is 1. The van der Waals surface area contributed by atoms with Gasteiger partial charge in [-0.05, 0) is 43.0 Å². The third-order valence-electron chi connectivity index (χ3n) is 4.04. The molecule has 3 nitrogen and oxygen atoms in total. The lowest BCUT2D eigenvalue weighted by molar-refractivity contribution is 0.0554. The van der Waals surface area contributed by atoms with E-state index >= 15 is 0 Å². The number of hydrogen-bond acceptors (Lipinski definition) is 5. The molecule has 0 bridgehead atoms. The summed E-state index contributed by atoms with van der Waals surface area (Å²) < 4.78 is 10.6. The van der Waals surface area contributed by atoms with Gasteiger partial charge in [0.25, 0.3) is 0 Å². The summed E-state index contributed by atoms with van der Waals surface area (Å²) in [7, 11) is 1.71. The molecule has 22 heavy (non-hydrogen) atoms. The van der Waals surface area contributed by atoms with Crippen LogP contribution in [0, 0.1) is 0 Å². The molecule has 2 aromatic heterocycles. The molecule has 0 aromatic carbocycles. The molecule has 3 heterocycles. The molecule has 1 aliphatic rings. The van der Waals surface area contributed by atoms with Crippen molar-refractivity contribution in [3.05, 3.63) is 34.5 Å². The van der Waals surface area contributed by atoms with Crippen LogP contribution in [0.5, 0.6) is 0 Å². The molecule has 2 aromatic rings. The van der Waals surface area contributed by atoms with Gasteiger partial charge in [0.1, 0.15) is 0 Å². The van der Waals surface area contributed by atoms with Crippen molar-refractivity contribution in [2.45, 2.75) is 18.9 Å². The van der Waals surface area contributed by atoms with Gasteiger partial charge >= 0.3 is 0 Å². The van der Waals surface area contributed by atoms with Crippen LogP contribution in [0.25, 0.3) is 9.75 Å². The number of ether oxygens (including phenoxy) is 2. The zero-order valence-corrected chi connectivity index (χ0v) is 14.6. The van der Waals surface area contributed by atoms with Crippen molar-refractivity contribution in [2.24, 2.45) is 0 Å². The lowest BCUT2D eigenvalue weighted by atomic mass is 10.2. The minimum absolute atomic E-state index is 0.574. The normalized spacial score (nSPS) is 19.0. The smallest absolute Gasteiger partial charge is 0.0700 e. The minimum atomic E-state index is 0.574. The number of thiophene rings is 2. The summed E-state index contributed by atoms with van der Waals surface area (Å²) in [6, 6.07) is 9.49. The van der Waals surface area contributed by atoms with Crippen LogP contribution in [0.1, 0.15) is 23.8 Å². The highest BCUT2D eigenvalue weighted by Gasteiger charge is 2.26. The molecule has 1 unspecified atom stereocenters. The number of rotatable bonds is 8. The van der Waals surface area contributed by atoms with Crippen LogP contribution in [0.15, 0.2) is 29.6 Å². The van der Waals surface area contributed by atoms with E-state index in [4.69, 9.17) is 9.47 Å². The van der Waals surface area contributed by atoms with Crippen molar-refractivity contribution in [1.82, 2.24) is 4.90 Å². The average Bonchev–Trinajstić information content (AvgIpc) is 3.26. The summed E-state index contributed by atoms with van der Waals surface area (Å²) in [6.07, 6.45) is 2.55. The molecule has 1 atom stereocenters. The topological polar surface area (TPSA) is 21.7 Å². The highest BCUT2D eigenvalue weighted by Crippen LogP contribution is 2.39. The molecular weight excluding hydrogens is 314 g/mol. The summed E-state index contributed by atoms with van der Waals surface area (Å²) >= 11 is 3.77. The molecule has 0 saturated carbocycles. The van der Waals surface area contributed by atoms with Crippen LogP contribution in [-0.2, 0) is 9.47 Å². The predicted octanol–water partition coefficient (Wildman–Crippen LogP) is 4.28. The van der Waals surface area contributed by atoms with Crippen molar-refractivity contribution in [3.8, 4) is 9.75 Å². The van der Waals surface area contributed by atoms with Crippen molar-refractivity contribution < 1.29 is 9.47 Å². The highest BCUT2D eigenvalue weighted by molar-refractivity contribution is 7.21. The quantitative estimate of drug-likeness (QED) is 0.671. The van der Waals surface area contributed by atoms with Crippen LogP contribution in [0.2, 0.25) is 0 Å². The second-order valence-electron chi connectivity index (χ2n) is 5.48. The molecule has 0 aliphatic carbocycles. The predicted molar refractivity (Wildman–Crippen MR) is 93.9 cm³/mol. The van der Waals surface area contributed by atoms with E-state index in [0.717, 1.165) is 13.2 Å². The fourth-order valence-electron chi connectivity index (χ4n) is 2.93. The van der Waals surface area contributed by atoms with E-state index in [9.17, 15) is 0 Å². The summed E-state index contributed by atoms with van der Waals surface area (Å²) in [6.45, 7) is 4.36. The molecule has 0 N–H and O–H groups in total. The maximum atomic E-state index is 5.62. The largest absolute Gasteiger partial charge is 0.382 e. The van der Waals surface area contributed by atoms with Gasteiger partial charge in [-0.15, -0.1) is 22.7 Å². The van der Waals surface area contributed by atoms with E-state index in [0.29, 0.717) is 19.3 Å². The third kappa shape index (κ3) is 3.97. The van der Waals surface area contributed by atoms with Gasteiger partial charge in [0.2, 0.25) is 0 Å². The highest BCUT2D eigenvalue weighted by atomic mass is 32.1. The SMILES string of the molecule is COCCOCCN1CCCC1c1ccc(-c2cccs2)s1. The fourth-order valence-corrected chi connectivity index (χ4v) is 4.94. The maximum absolute atomic E-state index is 5.62.